The van der Waals surface area contributed by atoms with Gasteiger partial charge in [0.1, 0.15) is 17.7 Å². The van der Waals surface area contributed by atoms with E-state index in [1.54, 1.807) is 24.3 Å². The van der Waals surface area contributed by atoms with E-state index in [0.717, 1.165) is 50.0 Å². The van der Waals surface area contributed by atoms with Gasteiger partial charge >= 0.3 is 5.97 Å². The van der Waals surface area contributed by atoms with Gasteiger partial charge in [-0.1, -0.05) is 31.2 Å². The number of piperidine rings is 1. The minimum Gasteiger partial charge on any atom is -0.466 e. The van der Waals surface area contributed by atoms with Crippen LogP contribution >= 0.6 is 0 Å². The van der Waals surface area contributed by atoms with E-state index in [0.29, 0.717) is 19.1 Å². The van der Waals surface area contributed by atoms with Crippen molar-refractivity contribution in [3.63, 3.8) is 0 Å². The summed E-state index contributed by atoms with van der Waals surface area (Å²) in [6, 6.07) is 12.5. The summed E-state index contributed by atoms with van der Waals surface area (Å²) in [5.74, 6) is -0.372. The van der Waals surface area contributed by atoms with Gasteiger partial charge in [-0.2, -0.15) is 0 Å². The zero-order valence-electron chi connectivity index (χ0n) is 18.9. The van der Waals surface area contributed by atoms with E-state index in [9.17, 15) is 13.6 Å². The summed E-state index contributed by atoms with van der Waals surface area (Å²) in [6.45, 7) is 7.71. The van der Waals surface area contributed by atoms with Crippen LogP contribution in [0.3, 0.4) is 0 Å². The number of halogens is 2. The van der Waals surface area contributed by atoms with Crippen molar-refractivity contribution in [3.05, 3.63) is 71.3 Å². The van der Waals surface area contributed by atoms with Crippen LogP contribution in [0, 0.1) is 23.5 Å². The molecule has 4 nitrogen and oxygen atoms in total. The highest BCUT2D eigenvalue weighted by molar-refractivity contribution is 5.72. The Balaban J connectivity index is 1.47. The number of unbranched alkanes of at least 4 members (excludes halogenated alkanes) is 1. The topological polar surface area (TPSA) is 38.8 Å². The van der Waals surface area contributed by atoms with Crippen LogP contribution < -0.4 is 0 Å². The molecule has 1 heterocycles. The fourth-order valence-corrected chi connectivity index (χ4v) is 4.33. The van der Waals surface area contributed by atoms with Gasteiger partial charge in [0.2, 0.25) is 0 Å². The van der Waals surface area contributed by atoms with Gasteiger partial charge in [0.15, 0.2) is 0 Å². The molecule has 0 amide bonds. The fourth-order valence-electron chi connectivity index (χ4n) is 4.33. The smallest absolute Gasteiger partial charge is 0.309 e. The molecule has 0 spiro atoms. The summed E-state index contributed by atoms with van der Waals surface area (Å²) in [5, 5.41) is 0. The predicted octanol–water partition coefficient (Wildman–Crippen LogP) is 5.37. The molecule has 0 bridgehead atoms. The molecule has 0 N–H and O–H groups in total. The quantitative estimate of drug-likeness (QED) is 0.364. The number of benzene rings is 2. The fraction of sp³-hybridized carbons (Fsp3) is 0.500. The molecule has 2 aromatic rings. The molecule has 174 valence electrons. The van der Waals surface area contributed by atoms with Crippen molar-refractivity contribution in [2.24, 2.45) is 11.8 Å². The van der Waals surface area contributed by atoms with E-state index in [1.165, 1.54) is 24.3 Å². The van der Waals surface area contributed by atoms with E-state index in [4.69, 9.17) is 9.47 Å². The highest BCUT2D eigenvalue weighted by atomic mass is 19.1. The third kappa shape index (κ3) is 6.84. The Bertz CT molecular complexity index is 796. The Labute approximate surface area is 189 Å². The molecule has 32 heavy (non-hydrogen) atoms. The van der Waals surface area contributed by atoms with Gasteiger partial charge < -0.3 is 14.4 Å². The first-order chi connectivity index (χ1) is 15.5. The van der Waals surface area contributed by atoms with E-state index in [1.807, 2.05) is 6.92 Å². The number of carbonyl (C=O) groups is 1. The van der Waals surface area contributed by atoms with E-state index in [-0.39, 0.29) is 29.6 Å². The van der Waals surface area contributed by atoms with E-state index < -0.39 is 0 Å². The van der Waals surface area contributed by atoms with Gasteiger partial charge in [-0.25, -0.2) is 8.78 Å². The number of nitrogens with zero attached hydrogens (tertiary/aromatic N) is 1. The molecule has 2 unspecified atom stereocenters. The minimum atomic E-state index is -0.364. The summed E-state index contributed by atoms with van der Waals surface area (Å²) >= 11 is 0. The summed E-state index contributed by atoms with van der Waals surface area (Å²) in [5.41, 5.74) is 1.68. The number of rotatable bonds is 10. The highest BCUT2D eigenvalue weighted by Crippen LogP contribution is 2.27. The molecule has 1 saturated heterocycles. The Hall–Kier alpha value is -2.31. The lowest BCUT2D eigenvalue weighted by Gasteiger charge is -2.35. The number of ether oxygens (including phenoxy) is 2. The van der Waals surface area contributed by atoms with Crippen LogP contribution in [0.1, 0.15) is 50.3 Å². The monoisotopic (exact) mass is 445 g/mol. The molecule has 1 fully saturated rings. The Morgan fingerprint density at radius 1 is 1.03 bits per heavy atom. The zero-order valence-corrected chi connectivity index (χ0v) is 18.9. The normalized spacial score (nSPS) is 19.3. The maximum Gasteiger partial charge on any atom is 0.309 e. The van der Waals surface area contributed by atoms with Crippen LogP contribution in [0.4, 0.5) is 8.78 Å². The van der Waals surface area contributed by atoms with Crippen molar-refractivity contribution in [1.82, 2.24) is 4.90 Å². The lowest BCUT2D eigenvalue weighted by molar-refractivity contribution is -0.151. The van der Waals surface area contributed by atoms with Crippen molar-refractivity contribution in [2.45, 2.75) is 39.2 Å². The van der Waals surface area contributed by atoms with Crippen molar-refractivity contribution in [2.75, 3.05) is 32.8 Å². The first kappa shape index (κ1) is 24.3. The molecule has 0 aromatic heterocycles. The molecule has 6 heteroatoms. The molecule has 0 saturated carbocycles. The molecule has 1 aliphatic heterocycles. The summed E-state index contributed by atoms with van der Waals surface area (Å²) in [4.78, 5) is 14.5. The molecule has 0 aliphatic carbocycles. The third-order valence-electron chi connectivity index (χ3n) is 6.08. The Kier molecular flexibility index (Phi) is 9.18. The summed E-state index contributed by atoms with van der Waals surface area (Å²) in [6.07, 6.45) is 2.34. The average molecular weight is 446 g/mol. The summed E-state index contributed by atoms with van der Waals surface area (Å²) in [7, 11) is 0. The van der Waals surface area contributed by atoms with Gasteiger partial charge in [0.25, 0.3) is 0 Å². The van der Waals surface area contributed by atoms with Crippen LogP contribution in [-0.4, -0.2) is 43.7 Å². The standard InChI is InChI=1S/C26H33F2NO3/c1-3-31-26(30)24-14-16-29(18-19(24)2)15-4-5-17-32-25(20-6-10-22(27)11-7-20)21-8-12-23(28)13-9-21/h6-13,19,24-25H,3-5,14-18H2,1-2H3. The van der Waals surface area contributed by atoms with Gasteiger partial charge in [-0.15, -0.1) is 0 Å². The second-order valence-corrected chi connectivity index (χ2v) is 8.49. The third-order valence-corrected chi connectivity index (χ3v) is 6.08. The van der Waals surface area contributed by atoms with Crippen LogP contribution in [0.2, 0.25) is 0 Å². The minimum absolute atomic E-state index is 0.00158. The van der Waals surface area contributed by atoms with E-state index >= 15 is 0 Å². The van der Waals surface area contributed by atoms with Gasteiger partial charge in [0, 0.05) is 13.2 Å². The number of hydrogen-bond acceptors (Lipinski definition) is 4. The lowest BCUT2D eigenvalue weighted by atomic mass is 9.87. The van der Waals surface area contributed by atoms with Crippen molar-refractivity contribution < 1.29 is 23.0 Å². The highest BCUT2D eigenvalue weighted by Gasteiger charge is 2.31. The maximum absolute atomic E-state index is 13.3. The first-order valence-electron chi connectivity index (χ1n) is 11.5. The average Bonchev–Trinajstić information content (AvgIpc) is 2.78. The van der Waals surface area contributed by atoms with Crippen LogP contribution in [0.15, 0.2) is 48.5 Å². The number of hydrogen-bond donors (Lipinski definition) is 0. The second-order valence-electron chi connectivity index (χ2n) is 8.49. The Morgan fingerprint density at radius 3 is 2.16 bits per heavy atom. The van der Waals surface area contributed by atoms with Crippen LogP contribution in [0.25, 0.3) is 0 Å². The number of esters is 1. The van der Waals surface area contributed by atoms with Gasteiger partial charge in [-0.05, 0) is 80.6 Å². The first-order valence-corrected chi connectivity index (χ1v) is 11.5. The zero-order chi connectivity index (χ0) is 22.9. The molecule has 0 radical (unpaired) electrons. The molecule has 2 aromatic carbocycles. The van der Waals surface area contributed by atoms with Gasteiger partial charge in [0.05, 0.1) is 12.5 Å². The molecule has 3 rings (SSSR count). The molecule has 1 aliphatic rings. The Morgan fingerprint density at radius 2 is 1.62 bits per heavy atom. The van der Waals surface area contributed by atoms with E-state index in [2.05, 4.69) is 11.8 Å². The van der Waals surface area contributed by atoms with Crippen molar-refractivity contribution in [3.8, 4) is 0 Å². The largest absolute Gasteiger partial charge is 0.466 e. The van der Waals surface area contributed by atoms with Gasteiger partial charge in [-0.3, -0.25) is 4.79 Å². The lowest BCUT2D eigenvalue weighted by Crippen LogP contribution is -2.43. The predicted molar refractivity (Wildman–Crippen MR) is 120 cm³/mol. The van der Waals surface area contributed by atoms with Crippen molar-refractivity contribution >= 4 is 5.97 Å². The molecule has 2 atom stereocenters. The van der Waals surface area contributed by atoms with Crippen LogP contribution in [0.5, 0.6) is 0 Å². The summed E-state index contributed by atoms with van der Waals surface area (Å²) < 4.78 is 38.0. The number of likely N-dealkylation sites (tertiary alicyclic amines) is 1. The van der Waals surface area contributed by atoms with Crippen LogP contribution in [-0.2, 0) is 14.3 Å². The number of carbonyl (C=O) groups excluding carboxylic acids is 1. The second kappa shape index (κ2) is 12.1. The SMILES string of the molecule is CCOC(=O)C1CCN(CCCCOC(c2ccc(F)cc2)c2ccc(F)cc2)CC1C. The molecular weight excluding hydrogens is 412 g/mol. The maximum atomic E-state index is 13.3. The molecular formula is C26H33F2NO3. The van der Waals surface area contributed by atoms with Crippen molar-refractivity contribution in [1.29, 1.82) is 0 Å².